The summed E-state index contributed by atoms with van der Waals surface area (Å²) in [5.41, 5.74) is 3.31. The lowest BCUT2D eigenvalue weighted by molar-refractivity contribution is 0.249. The minimum Gasteiger partial charge on any atom is -0.353 e. The lowest BCUT2D eigenvalue weighted by Gasteiger charge is -2.35. The van der Waals surface area contributed by atoms with E-state index in [0.717, 1.165) is 55.7 Å². The lowest BCUT2D eigenvalue weighted by atomic mass is 10.2. The smallest absolute Gasteiger partial charge is 0.174 e. The predicted molar refractivity (Wildman–Crippen MR) is 100 cm³/mol. The number of hydrogen-bond donors (Lipinski definition) is 0. The fourth-order valence-corrected chi connectivity index (χ4v) is 3.35. The van der Waals surface area contributed by atoms with Crippen LogP contribution in [0.15, 0.2) is 43.0 Å². The van der Waals surface area contributed by atoms with Gasteiger partial charge in [0.05, 0.1) is 18.1 Å². The van der Waals surface area contributed by atoms with Crippen molar-refractivity contribution >= 4 is 5.82 Å². The molecule has 4 rings (SSSR count). The first-order valence-electron chi connectivity index (χ1n) is 8.91. The van der Waals surface area contributed by atoms with Gasteiger partial charge in [-0.3, -0.25) is 14.9 Å². The number of anilines is 1. The van der Waals surface area contributed by atoms with Crippen LogP contribution in [0.5, 0.6) is 0 Å². The molecular formula is C19H23N7. The van der Waals surface area contributed by atoms with Crippen LogP contribution in [-0.2, 0) is 6.54 Å². The van der Waals surface area contributed by atoms with Crippen molar-refractivity contribution in [3.63, 3.8) is 0 Å². The van der Waals surface area contributed by atoms with Gasteiger partial charge in [0.1, 0.15) is 5.82 Å². The highest BCUT2D eigenvalue weighted by molar-refractivity contribution is 5.40. The number of rotatable bonds is 4. The summed E-state index contributed by atoms with van der Waals surface area (Å²) < 4.78 is 1.85. The molecule has 0 atom stereocenters. The first-order chi connectivity index (χ1) is 12.7. The molecule has 0 radical (unpaired) electrons. The van der Waals surface area contributed by atoms with E-state index < -0.39 is 0 Å². The zero-order chi connectivity index (χ0) is 17.9. The monoisotopic (exact) mass is 349 g/mol. The molecule has 7 nitrogen and oxygen atoms in total. The van der Waals surface area contributed by atoms with Crippen LogP contribution in [0.25, 0.3) is 5.82 Å². The molecule has 0 aliphatic carbocycles. The first kappa shape index (κ1) is 16.7. The van der Waals surface area contributed by atoms with Crippen molar-refractivity contribution in [2.24, 2.45) is 0 Å². The van der Waals surface area contributed by atoms with Gasteiger partial charge in [0.2, 0.25) is 0 Å². The zero-order valence-electron chi connectivity index (χ0n) is 15.2. The van der Waals surface area contributed by atoms with E-state index in [4.69, 9.17) is 4.98 Å². The Morgan fingerprint density at radius 1 is 0.962 bits per heavy atom. The number of nitrogens with zero attached hydrogens (tertiary/aromatic N) is 7. The van der Waals surface area contributed by atoms with Gasteiger partial charge in [-0.2, -0.15) is 5.10 Å². The van der Waals surface area contributed by atoms with Crippen molar-refractivity contribution in [1.29, 1.82) is 0 Å². The van der Waals surface area contributed by atoms with Crippen LogP contribution in [0.3, 0.4) is 0 Å². The molecule has 1 saturated heterocycles. The van der Waals surface area contributed by atoms with Gasteiger partial charge in [-0.05, 0) is 31.5 Å². The summed E-state index contributed by atoms with van der Waals surface area (Å²) in [5.74, 6) is 1.68. The molecule has 4 heterocycles. The Balaban J connectivity index is 1.43. The molecule has 0 N–H and O–H groups in total. The minimum atomic E-state index is 0.769. The van der Waals surface area contributed by atoms with Crippen LogP contribution in [0.2, 0.25) is 0 Å². The molecule has 0 aromatic carbocycles. The molecule has 3 aromatic rings. The first-order valence-corrected chi connectivity index (χ1v) is 8.91. The van der Waals surface area contributed by atoms with Crippen LogP contribution in [0.1, 0.15) is 17.0 Å². The molecule has 0 amide bonds. The van der Waals surface area contributed by atoms with Gasteiger partial charge in [-0.1, -0.05) is 6.07 Å². The number of aryl methyl sites for hydroxylation is 2. The van der Waals surface area contributed by atoms with E-state index in [1.807, 2.05) is 49.3 Å². The summed E-state index contributed by atoms with van der Waals surface area (Å²) in [7, 11) is 0. The molecule has 0 saturated carbocycles. The van der Waals surface area contributed by atoms with E-state index in [0.29, 0.717) is 0 Å². The van der Waals surface area contributed by atoms with Crippen LogP contribution >= 0.6 is 0 Å². The average Bonchev–Trinajstić information content (AvgIpc) is 3.01. The number of piperazine rings is 1. The van der Waals surface area contributed by atoms with E-state index in [-0.39, 0.29) is 0 Å². The molecule has 3 aromatic heterocycles. The highest BCUT2D eigenvalue weighted by atomic mass is 15.3. The summed E-state index contributed by atoms with van der Waals surface area (Å²) in [6, 6.07) is 6.17. The third kappa shape index (κ3) is 3.57. The van der Waals surface area contributed by atoms with Crippen LogP contribution in [-0.4, -0.2) is 55.8 Å². The van der Waals surface area contributed by atoms with Crippen molar-refractivity contribution < 1.29 is 0 Å². The standard InChI is InChI=1S/C19H23N7/c1-15-10-16(2)26(23-15)19-13-21-12-18(22-19)25-8-6-24(7-9-25)14-17-4-3-5-20-11-17/h3-5,10-13H,6-9,14H2,1-2H3. The SMILES string of the molecule is Cc1cc(C)n(-c2cncc(N3CCN(Cc4cccnc4)CC3)n2)n1. The maximum absolute atomic E-state index is 4.79. The average molecular weight is 349 g/mol. The number of pyridine rings is 1. The zero-order valence-corrected chi connectivity index (χ0v) is 15.2. The third-order valence-corrected chi connectivity index (χ3v) is 4.66. The largest absolute Gasteiger partial charge is 0.353 e. The van der Waals surface area contributed by atoms with Crippen molar-refractivity contribution in [1.82, 2.24) is 29.6 Å². The summed E-state index contributed by atoms with van der Waals surface area (Å²) >= 11 is 0. The molecule has 0 unspecified atom stereocenters. The van der Waals surface area contributed by atoms with Gasteiger partial charge in [0, 0.05) is 50.8 Å². The van der Waals surface area contributed by atoms with Crippen molar-refractivity contribution in [3.8, 4) is 5.82 Å². The maximum Gasteiger partial charge on any atom is 0.174 e. The fourth-order valence-electron chi connectivity index (χ4n) is 3.35. The van der Waals surface area contributed by atoms with Gasteiger partial charge < -0.3 is 4.90 Å². The second-order valence-electron chi connectivity index (χ2n) is 6.70. The quantitative estimate of drug-likeness (QED) is 0.718. The minimum absolute atomic E-state index is 0.769. The van der Waals surface area contributed by atoms with E-state index in [9.17, 15) is 0 Å². The maximum atomic E-state index is 4.79. The normalized spacial score (nSPS) is 15.4. The van der Waals surface area contributed by atoms with E-state index >= 15 is 0 Å². The van der Waals surface area contributed by atoms with Crippen molar-refractivity contribution in [3.05, 3.63) is 59.9 Å². The van der Waals surface area contributed by atoms with Crippen LogP contribution < -0.4 is 4.90 Å². The number of hydrogen-bond acceptors (Lipinski definition) is 6. The van der Waals surface area contributed by atoms with Crippen LogP contribution in [0.4, 0.5) is 5.82 Å². The lowest BCUT2D eigenvalue weighted by Crippen LogP contribution is -2.46. The van der Waals surface area contributed by atoms with Gasteiger partial charge >= 0.3 is 0 Å². The second kappa shape index (κ2) is 7.21. The Labute approximate surface area is 153 Å². The van der Waals surface area contributed by atoms with E-state index in [1.165, 1.54) is 5.56 Å². The molecule has 26 heavy (non-hydrogen) atoms. The summed E-state index contributed by atoms with van der Waals surface area (Å²) in [4.78, 5) is 18.1. The topological polar surface area (TPSA) is 63.0 Å². The number of aromatic nitrogens is 5. The molecule has 0 spiro atoms. The van der Waals surface area contributed by atoms with Gasteiger partial charge in [0.25, 0.3) is 0 Å². The Morgan fingerprint density at radius 2 is 1.77 bits per heavy atom. The summed E-state index contributed by atoms with van der Waals surface area (Å²) in [5, 5.41) is 4.51. The molecule has 1 aliphatic heterocycles. The highest BCUT2D eigenvalue weighted by Gasteiger charge is 2.19. The molecule has 134 valence electrons. The Morgan fingerprint density at radius 3 is 2.46 bits per heavy atom. The third-order valence-electron chi connectivity index (χ3n) is 4.66. The molecular weight excluding hydrogens is 326 g/mol. The van der Waals surface area contributed by atoms with Crippen LogP contribution in [0, 0.1) is 13.8 Å². The van der Waals surface area contributed by atoms with Crippen molar-refractivity contribution in [2.75, 3.05) is 31.1 Å². The van der Waals surface area contributed by atoms with E-state index in [2.05, 4.69) is 30.9 Å². The van der Waals surface area contributed by atoms with Gasteiger partial charge in [0.15, 0.2) is 5.82 Å². The van der Waals surface area contributed by atoms with Gasteiger partial charge in [-0.15, -0.1) is 0 Å². The molecule has 0 bridgehead atoms. The predicted octanol–water partition coefficient (Wildman–Crippen LogP) is 2.00. The Kier molecular flexibility index (Phi) is 4.62. The highest BCUT2D eigenvalue weighted by Crippen LogP contribution is 2.17. The second-order valence-corrected chi connectivity index (χ2v) is 6.70. The molecule has 1 fully saturated rings. The Bertz CT molecular complexity index is 867. The van der Waals surface area contributed by atoms with Gasteiger partial charge in [-0.25, -0.2) is 9.67 Å². The van der Waals surface area contributed by atoms with E-state index in [1.54, 1.807) is 6.20 Å². The van der Waals surface area contributed by atoms with Crippen molar-refractivity contribution in [2.45, 2.75) is 20.4 Å². The Hall–Kier alpha value is -2.80. The molecule has 1 aliphatic rings. The summed E-state index contributed by atoms with van der Waals surface area (Å²) in [6.07, 6.45) is 7.36. The summed E-state index contributed by atoms with van der Waals surface area (Å²) in [6.45, 7) is 8.85. The molecule has 7 heteroatoms. The fraction of sp³-hybridized carbons (Fsp3) is 0.368.